The van der Waals surface area contributed by atoms with Crippen LogP contribution in [0.1, 0.15) is 50.8 Å². The van der Waals surface area contributed by atoms with Crippen LogP contribution in [0.5, 0.6) is 0 Å². The first-order valence-electron chi connectivity index (χ1n) is 11.1. The molecule has 3 amide bonds. The van der Waals surface area contributed by atoms with E-state index < -0.39 is 11.5 Å². The average molecular weight is 442 g/mol. The Hall–Kier alpha value is -3.10. The van der Waals surface area contributed by atoms with Gasteiger partial charge in [-0.25, -0.2) is 4.79 Å². The van der Waals surface area contributed by atoms with Gasteiger partial charge in [0.2, 0.25) is 11.8 Å². The molecule has 32 heavy (non-hydrogen) atoms. The Morgan fingerprint density at radius 2 is 1.84 bits per heavy atom. The lowest BCUT2D eigenvalue weighted by Gasteiger charge is -2.37. The predicted molar refractivity (Wildman–Crippen MR) is 121 cm³/mol. The van der Waals surface area contributed by atoms with E-state index in [1.165, 1.54) is 0 Å². The molecule has 0 spiro atoms. The number of fused-ring (bicyclic) bond motifs is 1. The molecule has 1 N–H and O–H groups in total. The van der Waals surface area contributed by atoms with Crippen molar-refractivity contribution < 1.29 is 19.1 Å². The Balaban J connectivity index is 1.55. The van der Waals surface area contributed by atoms with Gasteiger partial charge in [-0.1, -0.05) is 0 Å². The number of nitrogens with one attached hydrogen (secondary N) is 1. The van der Waals surface area contributed by atoms with Gasteiger partial charge in [-0.3, -0.25) is 19.6 Å². The van der Waals surface area contributed by atoms with Gasteiger partial charge in [0.1, 0.15) is 5.60 Å². The topological polar surface area (TPSA) is 96.8 Å². The van der Waals surface area contributed by atoms with E-state index in [-0.39, 0.29) is 17.9 Å². The number of imide groups is 1. The maximum Gasteiger partial charge on any atom is 0.410 e. The molecule has 2 saturated heterocycles. The van der Waals surface area contributed by atoms with Crippen LogP contribution in [0.15, 0.2) is 12.1 Å². The highest BCUT2D eigenvalue weighted by molar-refractivity contribution is 6.03. The molecule has 9 heteroatoms. The van der Waals surface area contributed by atoms with E-state index in [1.807, 2.05) is 38.6 Å². The van der Waals surface area contributed by atoms with Crippen LogP contribution in [-0.4, -0.2) is 64.4 Å². The van der Waals surface area contributed by atoms with Crippen molar-refractivity contribution in [1.29, 1.82) is 0 Å². The summed E-state index contributed by atoms with van der Waals surface area (Å²) in [6.45, 7) is 10.3. The minimum absolute atomic E-state index is 0.226. The average Bonchev–Trinajstić information content (AvgIpc) is 3.04. The number of ether oxygens (including phenoxy) is 1. The number of hydrogen-bond acceptors (Lipinski definition) is 6. The Bertz CT molecular complexity index is 1080. The molecular formula is C23H31N5O4. The molecule has 2 aromatic rings. The second-order valence-corrected chi connectivity index (χ2v) is 9.57. The summed E-state index contributed by atoms with van der Waals surface area (Å²) < 4.78 is 7.32. The van der Waals surface area contributed by atoms with Crippen LogP contribution < -0.4 is 10.2 Å². The van der Waals surface area contributed by atoms with Gasteiger partial charge < -0.3 is 14.5 Å². The van der Waals surface area contributed by atoms with Gasteiger partial charge >= 0.3 is 6.09 Å². The zero-order chi connectivity index (χ0) is 23.2. The summed E-state index contributed by atoms with van der Waals surface area (Å²) in [4.78, 5) is 40.3. The third-order valence-corrected chi connectivity index (χ3v) is 6.10. The fraction of sp³-hybridized carbons (Fsp3) is 0.565. The predicted octanol–water partition coefficient (Wildman–Crippen LogP) is 2.46. The molecule has 0 radical (unpaired) electrons. The number of rotatable bonds is 2. The number of amides is 3. The summed E-state index contributed by atoms with van der Waals surface area (Å²) >= 11 is 0. The maximum absolute atomic E-state index is 12.4. The molecule has 1 unspecified atom stereocenters. The molecule has 9 nitrogen and oxygen atoms in total. The van der Waals surface area contributed by atoms with Crippen molar-refractivity contribution in [3.63, 3.8) is 0 Å². The molecule has 172 valence electrons. The van der Waals surface area contributed by atoms with Gasteiger partial charge in [0, 0.05) is 50.7 Å². The lowest BCUT2D eigenvalue weighted by atomic mass is 9.92. The lowest BCUT2D eigenvalue weighted by molar-refractivity contribution is -0.134. The molecule has 2 aliphatic heterocycles. The van der Waals surface area contributed by atoms with Gasteiger partial charge in [0.25, 0.3) is 0 Å². The number of hydrogen-bond donors (Lipinski definition) is 1. The highest BCUT2D eigenvalue weighted by Gasteiger charge is 2.32. The monoisotopic (exact) mass is 441 g/mol. The van der Waals surface area contributed by atoms with Crippen LogP contribution in [0.2, 0.25) is 0 Å². The number of carbonyl (C=O) groups is 3. The molecule has 4 rings (SSSR count). The summed E-state index contributed by atoms with van der Waals surface area (Å²) in [6, 6.07) is 4.09. The van der Waals surface area contributed by atoms with Crippen LogP contribution in [0.4, 0.5) is 10.5 Å². The molecular weight excluding hydrogens is 410 g/mol. The fourth-order valence-corrected chi connectivity index (χ4v) is 4.59. The summed E-state index contributed by atoms with van der Waals surface area (Å²) in [6.07, 6.45) is 0.530. The molecule has 0 bridgehead atoms. The number of anilines is 1. The number of aromatic nitrogens is 2. The van der Waals surface area contributed by atoms with E-state index in [4.69, 9.17) is 4.74 Å². The quantitative estimate of drug-likeness (QED) is 0.719. The Morgan fingerprint density at radius 1 is 1.16 bits per heavy atom. The minimum atomic E-state index is -0.504. The Kier molecular flexibility index (Phi) is 5.60. The number of benzene rings is 1. The summed E-state index contributed by atoms with van der Waals surface area (Å²) in [5.74, 6) is -0.921. The van der Waals surface area contributed by atoms with Crippen molar-refractivity contribution in [3.8, 4) is 0 Å². The van der Waals surface area contributed by atoms with Gasteiger partial charge in [-0.2, -0.15) is 5.10 Å². The zero-order valence-corrected chi connectivity index (χ0v) is 19.4. The molecule has 0 aliphatic carbocycles. The van der Waals surface area contributed by atoms with Crippen molar-refractivity contribution in [2.45, 2.75) is 52.1 Å². The van der Waals surface area contributed by atoms with Gasteiger partial charge in [0.15, 0.2) is 0 Å². The first-order chi connectivity index (χ1) is 15.0. The zero-order valence-electron chi connectivity index (χ0n) is 19.4. The lowest BCUT2D eigenvalue weighted by Crippen LogP contribution is -2.50. The number of piperazine rings is 1. The van der Waals surface area contributed by atoms with E-state index in [1.54, 1.807) is 4.90 Å². The van der Waals surface area contributed by atoms with Crippen molar-refractivity contribution in [3.05, 3.63) is 23.4 Å². The maximum atomic E-state index is 12.4. The van der Waals surface area contributed by atoms with Crippen LogP contribution in [0, 0.1) is 6.92 Å². The molecule has 0 saturated carbocycles. The first kappa shape index (κ1) is 22.1. The van der Waals surface area contributed by atoms with Crippen molar-refractivity contribution >= 4 is 34.5 Å². The molecule has 2 fully saturated rings. The van der Waals surface area contributed by atoms with Crippen LogP contribution in [0.3, 0.4) is 0 Å². The summed E-state index contributed by atoms with van der Waals surface area (Å²) in [5.41, 5.74) is 3.38. The van der Waals surface area contributed by atoms with Crippen LogP contribution in [-0.2, 0) is 21.4 Å². The third kappa shape index (κ3) is 4.16. The Labute approximate surface area is 187 Å². The number of piperidine rings is 1. The van der Waals surface area contributed by atoms with Gasteiger partial charge in [0.05, 0.1) is 17.1 Å². The van der Waals surface area contributed by atoms with E-state index in [9.17, 15) is 14.4 Å². The summed E-state index contributed by atoms with van der Waals surface area (Å²) in [5, 5.41) is 8.03. The van der Waals surface area contributed by atoms with Gasteiger partial charge in [-0.05, 0) is 51.8 Å². The van der Waals surface area contributed by atoms with Crippen molar-refractivity contribution in [1.82, 2.24) is 20.0 Å². The highest BCUT2D eigenvalue weighted by Crippen LogP contribution is 2.35. The number of carbonyl (C=O) groups excluding carboxylic acids is 3. The molecule has 3 heterocycles. The number of nitrogens with zero attached hydrogens (tertiary/aromatic N) is 4. The standard InChI is InChI=1S/C23H31N5O4/c1-14-17(27-10-12-28(13-11-27)22(31)32-23(2,3)4)8-6-15-19(25-26(5)20(14)15)16-7-9-18(29)24-21(16)30/h6,8,16H,7,9-13H2,1-5H3,(H,24,29,30). The van der Waals surface area contributed by atoms with E-state index >= 15 is 0 Å². The molecule has 2 aliphatic rings. The smallest absolute Gasteiger partial charge is 0.410 e. The SMILES string of the molecule is Cc1c(N2CCN(C(=O)OC(C)(C)C)CC2)ccc2c(C3CCC(=O)NC3=O)nn(C)c12. The minimum Gasteiger partial charge on any atom is -0.444 e. The van der Waals surface area contributed by atoms with E-state index in [0.717, 1.165) is 27.8 Å². The van der Waals surface area contributed by atoms with Crippen LogP contribution >= 0.6 is 0 Å². The Morgan fingerprint density at radius 3 is 2.47 bits per heavy atom. The summed E-state index contributed by atoms with van der Waals surface area (Å²) in [7, 11) is 1.88. The molecule has 1 atom stereocenters. The van der Waals surface area contributed by atoms with Crippen molar-refractivity contribution in [2.75, 3.05) is 31.1 Å². The highest BCUT2D eigenvalue weighted by atomic mass is 16.6. The number of aryl methyl sites for hydroxylation is 2. The van der Waals surface area contributed by atoms with Gasteiger partial charge in [-0.15, -0.1) is 0 Å². The molecule has 1 aromatic carbocycles. The van der Waals surface area contributed by atoms with E-state index in [0.29, 0.717) is 39.0 Å². The second-order valence-electron chi connectivity index (χ2n) is 9.57. The van der Waals surface area contributed by atoms with Crippen molar-refractivity contribution in [2.24, 2.45) is 7.05 Å². The second kappa shape index (κ2) is 8.11. The van der Waals surface area contributed by atoms with Crippen LogP contribution in [0.25, 0.3) is 10.9 Å². The third-order valence-electron chi connectivity index (χ3n) is 6.10. The van der Waals surface area contributed by atoms with E-state index in [2.05, 4.69) is 28.3 Å². The molecule has 1 aromatic heterocycles. The fourth-order valence-electron chi connectivity index (χ4n) is 4.59. The normalized spacial score (nSPS) is 20.0. The first-order valence-corrected chi connectivity index (χ1v) is 11.1. The largest absolute Gasteiger partial charge is 0.444 e.